The summed E-state index contributed by atoms with van der Waals surface area (Å²) in [5.41, 5.74) is 2.37. The molecule has 0 spiro atoms. The van der Waals surface area contributed by atoms with Crippen LogP contribution in [0, 0.1) is 6.92 Å². The maximum atomic E-state index is 12.7. The van der Waals surface area contributed by atoms with E-state index < -0.39 is 0 Å². The highest BCUT2D eigenvalue weighted by Crippen LogP contribution is 2.33. The van der Waals surface area contributed by atoms with Gasteiger partial charge in [-0.15, -0.1) is 11.3 Å². The van der Waals surface area contributed by atoms with Crippen molar-refractivity contribution in [2.24, 2.45) is 0 Å². The number of aryl methyl sites for hydroxylation is 1. The minimum atomic E-state index is -0.165. The summed E-state index contributed by atoms with van der Waals surface area (Å²) >= 11 is 2.60. The molecule has 0 saturated heterocycles. The minimum Gasteiger partial charge on any atom is -0.490 e. The first-order chi connectivity index (χ1) is 12.1. The number of ether oxygens (including phenoxy) is 1. The van der Waals surface area contributed by atoms with Crippen LogP contribution in [0.25, 0.3) is 10.2 Å². The minimum absolute atomic E-state index is 0.0341. The van der Waals surface area contributed by atoms with E-state index in [0.717, 1.165) is 17.0 Å². The maximum Gasteiger partial charge on any atom is 0.269 e. The third-order valence-electron chi connectivity index (χ3n) is 3.90. The lowest BCUT2D eigenvalue weighted by Crippen LogP contribution is -2.39. The highest BCUT2D eigenvalue weighted by atomic mass is 32.2. The van der Waals surface area contributed by atoms with Gasteiger partial charge >= 0.3 is 0 Å². The fourth-order valence-corrected chi connectivity index (χ4v) is 4.18. The number of hydrogen-bond acceptors (Lipinski definition) is 6. The number of rotatable bonds is 3. The molecule has 0 fully saturated rings. The smallest absolute Gasteiger partial charge is 0.269 e. The number of amides is 1. The third kappa shape index (κ3) is 3.14. The number of carbonyl (C=O) groups is 1. The quantitative estimate of drug-likeness (QED) is 0.564. The summed E-state index contributed by atoms with van der Waals surface area (Å²) in [6.45, 7) is 2.97. The molecule has 128 valence electrons. The Balaban J connectivity index is 1.53. The molecule has 8 heteroatoms. The summed E-state index contributed by atoms with van der Waals surface area (Å²) < 4.78 is 6.22. The molecule has 0 unspecified atom stereocenters. The normalized spacial score (nSPS) is 13.6. The SMILES string of the molecule is Cc1ccc2c(c1)N(C(=O)CSc1nc3ccsc3c(=O)[nH]1)CCO2. The monoisotopic (exact) mass is 373 g/mol. The van der Waals surface area contributed by atoms with Crippen LogP contribution in [-0.4, -0.2) is 34.8 Å². The number of benzene rings is 1. The number of hydrogen-bond donors (Lipinski definition) is 1. The van der Waals surface area contributed by atoms with Gasteiger partial charge in [0.1, 0.15) is 17.1 Å². The van der Waals surface area contributed by atoms with Crippen molar-refractivity contribution >= 4 is 44.9 Å². The number of nitrogens with zero attached hydrogens (tertiary/aromatic N) is 2. The van der Waals surface area contributed by atoms with Gasteiger partial charge in [-0.25, -0.2) is 4.98 Å². The van der Waals surface area contributed by atoms with Crippen molar-refractivity contribution in [1.29, 1.82) is 0 Å². The molecule has 0 radical (unpaired) electrons. The van der Waals surface area contributed by atoms with Crippen molar-refractivity contribution in [3.8, 4) is 5.75 Å². The Hall–Kier alpha value is -2.32. The van der Waals surface area contributed by atoms with Crippen molar-refractivity contribution in [3.05, 3.63) is 45.6 Å². The Labute approximate surface area is 151 Å². The second-order valence-corrected chi connectivity index (χ2v) is 7.54. The molecular weight excluding hydrogens is 358 g/mol. The average molecular weight is 373 g/mol. The lowest BCUT2D eigenvalue weighted by atomic mass is 10.1. The van der Waals surface area contributed by atoms with E-state index in [0.29, 0.717) is 28.5 Å². The molecule has 0 atom stereocenters. The number of nitrogens with one attached hydrogen (secondary N) is 1. The molecule has 1 amide bonds. The van der Waals surface area contributed by atoms with Crippen LogP contribution in [0.3, 0.4) is 0 Å². The van der Waals surface area contributed by atoms with E-state index >= 15 is 0 Å². The summed E-state index contributed by atoms with van der Waals surface area (Å²) in [4.78, 5) is 33.5. The van der Waals surface area contributed by atoms with Crippen LogP contribution in [-0.2, 0) is 4.79 Å². The zero-order chi connectivity index (χ0) is 17.4. The van der Waals surface area contributed by atoms with Crippen molar-refractivity contribution in [2.45, 2.75) is 12.1 Å². The number of anilines is 1. The van der Waals surface area contributed by atoms with E-state index in [9.17, 15) is 9.59 Å². The number of carbonyl (C=O) groups excluding carboxylic acids is 1. The molecule has 25 heavy (non-hydrogen) atoms. The van der Waals surface area contributed by atoms with Gasteiger partial charge in [0.25, 0.3) is 5.56 Å². The van der Waals surface area contributed by atoms with Crippen molar-refractivity contribution in [2.75, 3.05) is 23.8 Å². The van der Waals surface area contributed by atoms with E-state index in [1.807, 2.05) is 36.6 Å². The molecule has 0 bridgehead atoms. The Kier molecular flexibility index (Phi) is 4.22. The number of thiophene rings is 1. The van der Waals surface area contributed by atoms with E-state index in [2.05, 4.69) is 9.97 Å². The van der Waals surface area contributed by atoms with Crippen LogP contribution in [0.4, 0.5) is 5.69 Å². The van der Waals surface area contributed by atoms with Crippen molar-refractivity contribution < 1.29 is 9.53 Å². The summed E-state index contributed by atoms with van der Waals surface area (Å²) in [5.74, 6) is 0.890. The van der Waals surface area contributed by atoms with Gasteiger partial charge in [-0.05, 0) is 36.1 Å². The largest absolute Gasteiger partial charge is 0.490 e. The van der Waals surface area contributed by atoms with Crippen LogP contribution in [0.1, 0.15) is 5.56 Å². The van der Waals surface area contributed by atoms with Crippen LogP contribution in [0.5, 0.6) is 5.75 Å². The molecule has 0 aliphatic carbocycles. The van der Waals surface area contributed by atoms with Gasteiger partial charge in [-0.1, -0.05) is 17.8 Å². The molecule has 0 saturated carbocycles. The number of aromatic nitrogens is 2. The maximum absolute atomic E-state index is 12.7. The molecule has 1 aliphatic rings. The number of thioether (sulfide) groups is 1. The van der Waals surface area contributed by atoms with Crippen LogP contribution < -0.4 is 15.2 Å². The predicted octanol–water partition coefficient (Wildman–Crippen LogP) is 2.81. The first-order valence-electron chi connectivity index (χ1n) is 7.76. The van der Waals surface area contributed by atoms with E-state index in [4.69, 9.17) is 4.74 Å². The number of aromatic amines is 1. The van der Waals surface area contributed by atoms with Crippen LogP contribution in [0.2, 0.25) is 0 Å². The third-order valence-corrected chi connectivity index (χ3v) is 5.66. The number of H-pyrrole nitrogens is 1. The molecule has 1 N–H and O–H groups in total. The first-order valence-corrected chi connectivity index (χ1v) is 9.62. The number of fused-ring (bicyclic) bond motifs is 2. The summed E-state index contributed by atoms with van der Waals surface area (Å²) in [6.07, 6.45) is 0. The van der Waals surface area contributed by atoms with Gasteiger partial charge in [0.15, 0.2) is 5.16 Å². The molecule has 4 rings (SSSR count). The van der Waals surface area contributed by atoms with Gasteiger partial charge in [0, 0.05) is 0 Å². The zero-order valence-electron chi connectivity index (χ0n) is 13.4. The summed E-state index contributed by atoms with van der Waals surface area (Å²) in [5, 5.41) is 2.29. The Morgan fingerprint density at radius 1 is 1.44 bits per heavy atom. The Bertz CT molecular complexity index is 1010. The summed E-state index contributed by atoms with van der Waals surface area (Å²) in [7, 11) is 0. The standard InChI is InChI=1S/C17H15N3O3S2/c1-10-2-3-13-12(8-10)20(5-6-23-13)14(21)9-25-17-18-11-4-7-24-15(11)16(22)19-17/h2-4,7-8H,5-6,9H2,1H3,(H,18,19,22). The molecule has 3 heterocycles. The topological polar surface area (TPSA) is 75.3 Å². The van der Waals surface area contributed by atoms with Crippen molar-refractivity contribution in [3.63, 3.8) is 0 Å². The van der Waals surface area contributed by atoms with Gasteiger partial charge in [-0.3, -0.25) is 9.59 Å². The molecule has 2 aromatic heterocycles. The molecule has 1 aromatic carbocycles. The van der Waals surface area contributed by atoms with Gasteiger partial charge < -0.3 is 14.6 Å². The van der Waals surface area contributed by atoms with Crippen LogP contribution in [0.15, 0.2) is 39.6 Å². The lowest BCUT2D eigenvalue weighted by molar-refractivity contribution is -0.116. The lowest BCUT2D eigenvalue weighted by Gasteiger charge is -2.29. The van der Waals surface area contributed by atoms with Gasteiger partial charge in [0.05, 0.1) is 23.5 Å². The first kappa shape index (κ1) is 16.2. The highest BCUT2D eigenvalue weighted by Gasteiger charge is 2.24. The van der Waals surface area contributed by atoms with E-state index in [-0.39, 0.29) is 17.2 Å². The fourth-order valence-electron chi connectivity index (χ4n) is 2.71. The summed E-state index contributed by atoms with van der Waals surface area (Å²) in [6, 6.07) is 7.61. The Morgan fingerprint density at radius 2 is 2.32 bits per heavy atom. The van der Waals surface area contributed by atoms with Crippen LogP contribution >= 0.6 is 23.1 Å². The van der Waals surface area contributed by atoms with E-state index in [1.54, 1.807) is 4.90 Å². The molecule has 1 aliphatic heterocycles. The Morgan fingerprint density at radius 3 is 3.20 bits per heavy atom. The van der Waals surface area contributed by atoms with Gasteiger partial charge in [0.2, 0.25) is 5.91 Å². The fraction of sp³-hybridized carbons (Fsp3) is 0.235. The van der Waals surface area contributed by atoms with Crippen molar-refractivity contribution in [1.82, 2.24) is 9.97 Å². The second-order valence-electron chi connectivity index (χ2n) is 5.66. The molecule has 3 aromatic rings. The predicted molar refractivity (Wildman–Crippen MR) is 100.0 cm³/mol. The van der Waals surface area contributed by atoms with E-state index in [1.165, 1.54) is 23.1 Å². The zero-order valence-corrected chi connectivity index (χ0v) is 15.1. The molecule has 6 nitrogen and oxygen atoms in total. The molecular formula is C17H15N3O3S2. The second kappa shape index (κ2) is 6.53. The van der Waals surface area contributed by atoms with Gasteiger partial charge in [-0.2, -0.15) is 0 Å². The average Bonchev–Trinajstić information content (AvgIpc) is 3.08. The highest BCUT2D eigenvalue weighted by molar-refractivity contribution is 7.99.